The van der Waals surface area contributed by atoms with Crippen molar-refractivity contribution >= 4 is 46.0 Å². The number of urea groups is 1. The summed E-state index contributed by atoms with van der Waals surface area (Å²) < 4.78 is 0. The van der Waals surface area contributed by atoms with E-state index in [0.717, 1.165) is 10.6 Å². The summed E-state index contributed by atoms with van der Waals surface area (Å²) in [4.78, 5) is 28.3. The lowest BCUT2D eigenvalue weighted by molar-refractivity contribution is 0.103. The number of nitrogens with zero attached hydrogens (tertiary/aromatic N) is 1. The molecule has 2 heterocycles. The Hall–Kier alpha value is -2.71. The number of aryl methyl sites for hydroxylation is 1. The zero-order valence-electron chi connectivity index (χ0n) is 12.7. The number of amides is 3. The van der Waals surface area contributed by atoms with Crippen LogP contribution < -0.4 is 16.4 Å². The molecule has 3 aromatic rings. The molecule has 0 saturated carbocycles. The Labute approximate surface area is 146 Å². The van der Waals surface area contributed by atoms with Gasteiger partial charge in [-0.2, -0.15) is 11.3 Å². The van der Waals surface area contributed by atoms with Crippen molar-refractivity contribution in [1.29, 1.82) is 0 Å². The van der Waals surface area contributed by atoms with E-state index in [1.807, 2.05) is 23.8 Å². The topological polar surface area (TPSA) is 97.1 Å². The third kappa shape index (κ3) is 3.61. The largest absolute Gasteiger partial charge is 0.351 e. The molecule has 0 fully saturated rings. The lowest BCUT2D eigenvalue weighted by Crippen LogP contribution is -2.19. The number of thiophene rings is 1. The third-order valence-corrected chi connectivity index (χ3v) is 5.07. The summed E-state index contributed by atoms with van der Waals surface area (Å²) in [5, 5.41) is 10.1. The quantitative estimate of drug-likeness (QED) is 0.659. The van der Waals surface area contributed by atoms with Gasteiger partial charge in [-0.05, 0) is 42.6 Å². The number of benzene rings is 1. The summed E-state index contributed by atoms with van der Waals surface area (Å²) in [6.45, 7) is 1.82. The van der Waals surface area contributed by atoms with Crippen LogP contribution in [0.3, 0.4) is 0 Å². The molecular formula is C16H14N4O2S2. The second-order valence-electron chi connectivity index (χ2n) is 4.97. The Bertz CT molecular complexity index is 870. The Morgan fingerprint density at radius 1 is 1.08 bits per heavy atom. The SMILES string of the molecule is Cc1nc(-c2ccsc2)sc1C(=O)Nc1ccc(NC(N)=O)cc1. The first-order chi connectivity index (χ1) is 11.5. The first kappa shape index (κ1) is 16.2. The summed E-state index contributed by atoms with van der Waals surface area (Å²) in [6, 6.07) is 8.06. The zero-order chi connectivity index (χ0) is 17.1. The molecule has 0 unspecified atom stereocenters. The van der Waals surface area contributed by atoms with Crippen LogP contribution in [0.15, 0.2) is 41.1 Å². The number of nitrogens with two attached hydrogens (primary N) is 1. The van der Waals surface area contributed by atoms with Gasteiger partial charge in [0.05, 0.1) is 5.69 Å². The fourth-order valence-electron chi connectivity index (χ4n) is 2.08. The first-order valence-corrected chi connectivity index (χ1v) is 8.77. The molecule has 0 bridgehead atoms. The normalized spacial score (nSPS) is 10.4. The number of primary amides is 1. The van der Waals surface area contributed by atoms with E-state index in [4.69, 9.17) is 5.73 Å². The van der Waals surface area contributed by atoms with Crippen molar-refractivity contribution in [2.24, 2.45) is 5.73 Å². The van der Waals surface area contributed by atoms with Crippen LogP contribution in [-0.2, 0) is 0 Å². The van der Waals surface area contributed by atoms with E-state index >= 15 is 0 Å². The van der Waals surface area contributed by atoms with Crippen molar-refractivity contribution in [3.8, 4) is 10.6 Å². The molecule has 0 aliphatic heterocycles. The lowest BCUT2D eigenvalue weighted by atomic mass is 10.2. The molecule has 0 atom stereocenters. The van der Waals surface area contributed by atoms with Gasteiger partial charge in [-0.3, -0.25) is 4.79 Å². The minimum absolute atomic E-state index is 0.206. The summed E-state index contributed by atoms with van der Waals surface area (Å²) in [5.74, 6) is -0.206. The molecule has 1 aromatic carbocycles. The number of thiazole rings is 1. The number of aromatic nitrogens is 1. The minimum Gasteiger partial charge on any atom is -0.351 e. The summed E-state index contributed by atoms with van der Waals surface area (Å²) in [6.07, 6.45) is 0. The summed E-state index contributed by atoms with van der Waals surface area (Å²) >= 11 is 2.96. The predicted octanol–water partition coefficient (Wildman–Crippen LogP) is 3.92. The molecule has 8 heteroatoms. The molecular weight excluding hydrogens is 344 g/mol. The fourth-order valence-corrected chi connectivity index (χ4v) is 3.76. The van der Waals surface area contributed by atoms with Crippen LogP contribution in [-0.4, -0.2) is 16.9 Å². The van der Waals surface area contributed by atoms with Crippen molar-refractivity contribution in [3.63, 3.8) is 0 Å². The summed E-state index contributed by atoms with van der Waals surface area (Å²) in [7, 11) is 0. The number of hydrogen-bond donors (Lipinski definition) is 3. The van der Waals surface area contributed by atoms with Crippen LogP contribution >= 0.6 is 22.7 Å². The van der Waals surface area contributed by atoms with Gasteiger partial charge in [-0.1, -0.05) is 0 Å². The van der Waals surface area contributed by atoms with Gasteiger partial charge in [-0.15, -0.1) is 11.3 Å². The van der Waals surface area contributed by atoms with Crippen LogP contribution in [0.5, 0.6) is 0 Å². The Morgan fingerprint density at radius 2 is 1.75 bits per heavy atom. The second kappa shape index (κ2) is 6.81. The van der Waals surface area contributed by atoms with E-state index in [1.165, 1.54) is 11.3 Å². The Balaban J connectivity index is 1.74. The Kier molecular flexibility index (Phi) is 4.59. The molecule has 0 saturated heterocycles. The van der Waals surface area contributed by atoms with Crippen LogP contribution in [0.25, 0.3) is 10.6 Å². The van der Waals surface area contributed by atoms with Crippen LogP contribution in [0, 0.1) is 6.92 Å². The molecule has 0 radical (unpaired) electrons. The number of carbonyl (C=O) groups is 2. The summed E-state index contributed by atoms with van der Waals surface area (Å²) in [5.41, 5.74) is 7.96. The van der Waals surface area contributed by atoms with Gasteiger partial charge in [0.15, 0.2) is 0 Å². The van der Waals surface area contributed by atoms with Gasteiger partial charge in [0, 0.05) is 22.3 Å². The van der Waals surface area contributed by atoms with Crippen molar-refractivity contribution in [1.82, 2.24) is 4.98 Å². The van der Waals surface area contributed by atoms with E-state index in [0.29, 0.717) is 21.9 Å². The maximum Gasteiger partial charge on any atom is 0.316 e. The van der Waals surface area contributed by atoms with Gasteiger partial charge < -0.3 is 16.4 Å². The Morgan fingerprint density at radius 3 is 2.33 bits per heavy atom. The van der Waals surface area contributed by atoms with E-state index in [1.54, 1.807) is 35.6 Å². The van der Waals surface area contributed by atoms with E-state index in [-0.39, 0.29) is 5.91 Å². The molecule has 2 aromatic heterocycles. The molecule has 6 nitrogen and oxygen atoms in total. The van der Waals surface area contributed by atoms with Gasteiger partial charge >= 0.3 is 6.03 Å². The van der Waals surface area contributed by atoms with E-state index in [2.05, 4.69) is 15.6 Å². The average Bonchev–Trinajstić information content (AvgIpc) is 3.18. The van der Waals surface area contributed by atoms with Crippen LogP contribution in [0.2, 0.25) is 0 Å². The van der Waals surface area contributed by atoms with Gasteiger partial charge in [-0.25, -0.2) is 9.78 Å². The number of hydrogen-bond acceptors (Lipinski definition) is 5. The number of anilines is 2. The van der Waals surface area contributed by atoms with Crippen molar-refractivity contribution in [2.75, 3.05) is 10.6 Å². The molecule has 3 rings (SSSR count). The molecule has 0 aliphatic carbocycles. The highest BCUT2D eigenvalue weighted by Gasteiger charge is 2.16. The number of nitrogens with one attached hydrogen (secondary N) is 2. The van der Waals surface area contributed by atoms with Crippen LogP contribution in [0.1, 0.15) is 15.4 Å². The number of rotatable bonds is 4. The number of carbonyl (C=O) groups excluding carboxylic acids is 2. The van der Waals surface area contributed by atoms with Gasteiger partial charge in [0.2, 0.25) is 0 Å². The van der Waals surface area contributed by atoms with Crippen LogP contribution in [0.4, 0.5) is 16.2 Å². The molecule has 0 spiro atoms. The maximum absolute atomic E-state index is 12.5. The highest BCUT2D eigenvalue weighted by atomic mass is 32.1. The zero-order valence-corrected chi connectivity index (χ0v) is 14.3. The predicted molar refractivity (Wildman–Crippen MR) is 97.8 cm³/mol. The third-order valence-electron chi connectivity index (χ3n) is 3.18. The molecule has 24 heavy (non-hydrogen) atoms. The van der Waals surface area contributed by atoms with Crippen molar-refractivity contribution in [3.05, 3.63) is 51.7 Å². The molecule has 3 amide bonds. The van der Waals surface area contributed by atoms with E-state index < -0.39 is 6.03 Å². The van der Waals surface area contributed by atoms with Crippen molar-refractivity contribution in [2.45, 2.75) is 6.92 Å². The maximum atomic E-state index is 12.5. The lowest BCUT2D eigenvalue weighted by Gasteiger charge is -2.06. The molecule has 0 aliphatic rings. The molecule has 122 valence electrons. The van der Waals surface area contributed by atoms with E-state index in [9.17, 15) is 9.59 Å². The van der Waals surface area contributed by atoms with Gasteiger partial charge in [0.1, 0.15) is 9.88 Å². The van der Waals surface area contributed by atoms with Gasteiger partial charge in [0.25, 0.3) is 5.91 Å². The first-order valence-electron chi connectivity index (χ1n) is 7.01. The highest BCUT2D eigenvalue weighted by Crippen LogP contribution is 2.30. The standard InChI is InChI=1S/C16H14N4O2S2/c1-9-13(24-15(18-9)10-6-7-23-8-10)14(21)19-11-2-4-12(5-3-11)20-16(17)22/h2-8H,1H3,(H,19,21)(H3,17,20,22). The molecule has 4 N–H and O–H groups in total. The second-order valence-corrected chi connectivity index (χ2v) is 6.75. The monoisotopic (exact) mass is 358 g/mol. The smallest absolute Gasteiger partial charge is 0.316 e. The highest BCUT2D eigenvalue weighted by molar-refractivity contribution is 7.17. The fraction of sp³-hybridized carbons (Fsp3) is 0.0625. The average molecular weight is 358 g/mol. The minimum atomic E-state index is -0.631. The van der Waals surface area contributed by atoms with Crippen molar-refractivity contribution < 1.29 is 9.59 Å².